The number of aromatic nitrogens is 2. The minimum atomic E-state index is 0.513. The fraction of sp³-hybridized carbons (Fsp3) is 0.636. The topological polar surface area (TPSA) is 49.8 Å². The van der Waals surface area contributed by atoms with Crippen molar-refractivity contribution in [3.63, 3.8) is 0 Å². The van der Waals surface area contributed by atoms with Gasteiger partial charge in [0, 0.05) is 25.5 Å². The Morgan fingerprint density at radius 1 is 1.20 bits per heavy atom. The van der Waals surface area contributed by atoms with Crippen LogP contribution >= 0.6 is 0 Å². The highest BCUT2D eigenvalue weighted by Gasteiger charge is 2.21. The van der Waals surface area contributed by atoms with E-state index in [9.17, 15) is 0 Å². The van der Waals surface area contributed by atoms with E-state index < -0.39 is 0 Å². The lowest BCUT2D eigenvalue weighted by molar-refractivity contribution is 0.417. The predicted octanol–water partition coefficient (Wildman–Crippen LogP) is 1.13. The fourth-order valence-electron chi connectivity index (χ4n) is 1.94. The molecule has 1 saturated heterocycles. The highest BCUT2D eigenvalue weighted by atomic mass is 15.2. The molecule has 0 radical (unpaired) electrons. The van der Waals surface area contributed by atoms with Crippen molar-refractivity contribution in [1.82, 2.24) is 15.3 Å². The second kappa shape index (κ2) is 3.77. The summed E-state index contributed by atoms with van der Waals surface area (Å²) in [5, 5.41) is 6.51. The maximum atomic E-state index is 4.35. The molecule has 0 unspecified atom stereocenters. The van der Waals surface area contributed by atoms with E-state index in [0.29, 0.717) is 6.04 Å². The number of anilines is 1. The Bertz CT molecular complexity index is 327. The second-order valence-electron chi connectivity index (χ2n) is 4.47. The lowest BCUT2D eigenvalue weighted by atomic mass is 9.81. The van der Waals surface area contributed by atoms with Gasteiger partial charge >= 0.3 is 0 Å². The summed E-state index contributed by atoms with van der Waals surface area (Å²) in [5.74, 6) is 1.49. The van der Waals surface area contributed by atoms with E-state index in [-0.39, 0.29) is 0 Å². The molecule has 0 spiro atoms. The Kier molecular flexibility index (Phi) is 2.29. The first-order chi connectivity index (χ1) is 7.42. The standard InChI is InChI=1S/C11H16N4/c1-2-8(3-1)9-4-13-11(14-5-9)15-10-6-12-7-10/h4-5,8,10,12H,1-3,6-7H2,(H,13,14,15). The van der Waals surface area contributed by atoms with Gasteiger partial charge in [0.25, 0.3) is 0 Å². The summed E-state index contributed by atoms with van der Waals surface area (Å²) in [4.78, 5) is 8.71. The maximum absolute atomic E-state index is 4.35. The molecule has 4 heteroatoms. The first-order valence-corrected chi connectivity index (χ1v) is 5.71. The van der Waals surface area contributed by atoms with Crippen molar-refractivity contribution >= 4 is 5.95 Å². The molecule has 2 aliphatic rings. The zero-order valence-electron chi connectivity index (χ0n) is 8.74. The number of nitrogens with one attached hydrogen (secondary N) is 2. The molecular formula is C11H16N4. The highest BCUT2D eigenvalue weighted by molar-refractivity contribution is 5.29. The van der Waals surface area contributed by atoms with Crippen LogP contribution in [0.1, 0.15) is 30.7 Å². The number of nitrogens with zero attached hydrogens (tertiary/aromatic N) is 2. The molecule has 1 aromatic rings. The highest BCUT2D eigenvalue weighted by Crippen LogP contribution is 2.35. The van der Waals surface area contributed by atoms with Crippen LogP contribution in [0.15, 0.2) is 12.4 Å². The van der Waals surface area contributed by atoms with Gasteiger partial charge in [0.15, 0.2) is 0 Å². The average molecular weight is 204 g/mol. The summed E-state index contributed by atoms with van der Waals surface area (Å²) in [7, 11) is 0. The summed E-state index contributed by atoms with van der Waals surface area (Å²) >= 11 is 0. The van der Waals surface area contributed by atoms with Gasteiger partial charge in [-0.1, -0.05) is 6.42 Å². The van der Waals surface area contributed by atoms with Gasteiger partial charge in [0.05, 0.1) is 6.04 Å². The molecule has 1 aliphatic carbocycles. The van der Waals surface area contributed by atoms with Crippen LogP contribution in [0.3, 0.4) is 0 Å². The van der Waals surface area contributed by atoms with Crippen molar-refractivity contribution in [2.45, 2.75) is 31.2 Å². The van der Waals surface area contributed by atoms with Gasteiger partial charge < -0.3 is 10.6 Å². The Hall–Kier alpha value is -1.16. The SMILES string of the molecule is c1nc(NC2CNC2)ncc1C1CCC1. The van der Waals surface area contributed by atoms with Gasteiger partial charge in [-0.15, -0.1) is 0 Å². The van der Waals surface area contributed by atoms with Gasteiger partial charge in [-0.2, -0.15) is 0 Å². The fourth-order valence-corrected chi connectivity index (χ4v) is 1.94. The van der Waals surface area contributed by atoms with Gasteiger partial charge in [0.2, 0.25) is 5.95 Å². The normalized spacial score (nSPS) is 21.9. The van der Waals surface area contributed by atoms with Crippen LogP contribution in [0, 0.1) is 0 Å². The smallest absolute Gasteiger partial charge is 0.222 e. The van der Waals surface area contributed by atoms with Crippen molar-refractivity contribution in [3.8, 4) is 0 Å². The molecule has 80 valence electrons. The zero-order valence-corrected chi connectivity index (χ0v) is 8.74. The van der Waals surface area contributed by atoms with E-state index in [1.807, 2.05) is 12.4 Å². The van der Waals surface area contributed by atoms with Crippen molar-refractivity contribution in [3.05, 3.63) is 18.0 Å². The Morgan fingerprint density at radius 2 is 1.93 bits per heavy atom. The van der Waals surface area contributed by atoms with Crippen LogP contribution in [-0.2, 0) is 0 Å². The molecule has 0 bridgehead atoms. The lowest BCUT2D eigenvalue weighted by Crippen LogP contribution is -2.51. The summed E-state index contributed by atoms with van der Waals surface area (Å²) in [6.07, 6.45) is 7.93. The quantitative estimate of drug-likeness (QED) is 0.775. The molecule has 0 aromatic carbocycles. The molecule has 1 aromatic heterocycles. The van der Waals surface area contributed by atoms with Gasteiger partial charge in [-0.3, -0.25) is 0 Å². The van der Waals surface area contributed by atoms with Crippen LogP contribution in [0.25, 0.3) is 0 Å². The van der Waals surface area contributed by atoms with E-state index in [4.69, 9.17) is 0 Å². The third-order valence-corrected chi connectivity index (χ3v) is 3.36. The Labute approximate surface area is 89.5 Å². The van der Waals surface area contributed by atoms with E-state index in [2.05, 4.69) is 20.6 Å². The predicted molar refractivity (Wildman–Crippen MR) is 58.9 cm³/mol. The van der Waals surface area contributed by atoms with E-state index in [1.54, 1.807) is 0 Å². The molecule has 0 amide bonds. The van der Waals surface area contributed by atoms with Crippen LogP contribution in [-0.4, -0.2) is 29.1 Å². The molecule has 2 N–H and O–H groups in total. The lowest BCUT2D eigenvalue weighted by Gasteiger charge is -2.28. The Morgan fingerprint density at radius 3 is 2.40 bits per heavy atom. The molecule has 1 saturated carbocycles. The van der Waals surface area contributed by atoms with Crippen molar-refractivity contribution < 1.29 is 0 Å². The third-order valence-electron chi connectivity index (χ3n) is 3.36. The summed E-state index contributed by atoms with van der Waals surface area (Å²) < 4.78 is 0. The van der Waals surface area contributed by atoms with Crippen LogP contribution in [0.2, 0.25) is 0 Å². The molecular weight excluding hydrogens is 188 g/mol. The molecule has 15 heavy (non-hydrogen) atoms. The average Bonchev–Trinajstić information content (AvgIpc) is 2.11. The second-order valence-corrected chi connectivity index (χ2v) is 4.47. The van der Waals surface area contributed by atoms with E-state index >= 15 is 0 Å². The monoisotopic (exact) mass is 204 g/mol. The molecule has 2 heterocycles. The molecule has 2 fully saturated rings. The summed E-state index contributed by atoms with van der Waals surface area (Å²) in [6.45, 7) is 2.04. The first kappa shape index (κ1) is 9.09. The van der Waals surface area contributed by atoms with Gasteiger partial charge in [0.1, 0.15) is 0 Å². The summed E-state index contributed by atoms with van der Waals surface area (Å²) in [5.41, 5.74) is 1.30. The van der Waals surface area contributed by atoms with Crippen molar-refractivity contribution in [1.29, 1.82) is 0 Å². The maximum Gasteiger partial charge on any atom is 0.222 e. The van der Waals surface area contributed by atoms with Crippen LogP contribution < -0.4 is 10.6 Å². The van der Waals surface area contributed by atoms with Gasteiger partial charge in [-0.05, 0) is 24.3 Å². The molecule has 1 aliphatic heterocycles. The third kappa shape index (κ3) is 1.81. The summed E-state index contributed by atoms with van der Waals surface area (Å²) in [6, 6.07) is 0.513. The van der Waals surface area contributed by atoms with Crippen LogP contribution in [0.5, 0.6) is 0 Å². The Balaban J connectivity index is 1.64. The first-order valence-electron chi connectivity index (χ1n) is 5.71. The van der Waals surface area contributed by atoms with Gasteiger partial charge in [-0.25, -0.2) is 9.97 Å². The minimum absolute atomic E-state index is 0.513. The molecule has 0 atom stereocenters. The number of rotatable bonds is 3. The minimum Gasteiger partial charge on any atom is -0.349 e. The zero-order chi connectivity index (χ0) is 10.1. The number of hydrogen-bond acceptors (Lipinski definition) is 4. The molecule has 3 rings (SSSR count). The van der Waals surface area contributed by atoms with E-state index in [0.717, 1.165) is 25.0 Å². The van der Waals surface area contributed by atoms with Crippen LogP contribution in [0.4, 0.5) is 5.95 Å². The van der Waals surface area contributed by atoms with E-state index in [1.165, 1.54) is 24.8 Å². The number of hydrogen-bond donors (Lipinski definition) is 2. The largest absolute Gasteiger partial charge is 0.349 e. The molecule has 4 nitrogen and oxygen atoms in total. The van der Waals surface area contributed by atoms with Crippen molar-refractivity contribution in [2.24, 2.45) is 0 Å². The van der Waals surface area contributed by atoms with Crippen molar-refractivity contribution in [2.75, 3.05) is 18.4 Å².